The molecule has 1 aromatic carbocycles. The molecule has 1 N–H and O–H groups in total. The summed E-state index contributed by atoms with van der Waals surface area (Å²) in [6, 6.07) is 4.63. The van der Waals surface area contributed by atoms with Crippen molar-refractivity contribution in [3.8, 4) is 5.75 Å². The molecule has 6 nitrogen and oxygen atoms in total. The van der Waals surface area contributed by atoms with Gasteiger partial charge in [0.05, 0.1) is 19.3 Å². The van der Waals surface area contributed by atoms with E-state index in [2.05, 4.69) is 6.08 Å². The van der Waals surface area contributed by atoms with Crippen LogP contribution in [0, 0.1) is 5.92 Å². The lowest BCUT2D eigenvalue weighted by Gasteiger charge is -2.21. The van der Waals surface area contributed by atoms with Crippen molar-refractivity contribution < 1.29 is 24.3 Å². The molecule has 6 heteroatoms. The molecule has 0 radical (unpaired) electrons. The van der Waals surface area contributed by atoms with Crippen molar-refractivity contribution in [2.75, 3.05) is 20.8 Å². The van der Waals surface area contributed by atoms with E-state index < -0.39 is 5.97 Å². The molecular formula is C19H25NO5. The van der Waals surface area contributed by atoms with E-state index in [0.29, 0.717) is 37.0 Å². The van der Waals surface area contributed by atoms with Crippen LogP contribution in [0.4, 0.5) is 0 Å². The van der Waals surface area contributed by atoms with Crippen molar-refractivity contribution >= 4 is 11.9 Å². The molecule has 0 bridgehead atoms. The van der Waals surface area contributed by atoms with E-state index in [9.17, 15) is 14.7 Å². The van der Waals surface area contributed by atoms with Gasteiger partial charge in [0, 0.05) is 13.5 Å². The fourth-order valence-electron chi connectivity index (χ4n) is 2.88. The number of amides is 1. The fraction of sp³-hybridized carbons (Fsp3) is 0.474. The van der Waals surface area contributed by atoms with Crippen LogP contribution in [0.1, 0.15) is 41.6 Å². The number of hydrogen-bond acceptors (Lipinski definition) is 5. The Hall–Kier alpha value is -2.34. The second-order valence-electron chi connectivity index (χ2n) is 6.16. The van der Waals surface area contributed by atoms with Gasteiger partial charge < -0.3 is 9.84 Å². The van der Waals surface area contributed by atoms with Crippen LogP contribution in [0.2, 0.25) is 0 Å². The zero-order chi connectivity index (χ0) is 18.2. The molecule has 136 valence electrons. The van der Waals surface area contributed by atoms with Crippen LogP contribution in [0.15, 0.2) is 30.4 Å². The molecule has 1 aliphatic heterocycles. The summed E-state index contributed by atoms with van der Waals surface area (Å²) in [5.74, 6) is -0.393. The number of hydroxylamine groups is 2. The number of rotatable bonds is 3. The topological polar surface area (TPSA) is 76.1 Å². The quantitative estimate of drug-likeness (QED) is 0.517. The third-order valence-electron chi connectivity index (χ3n) is 4.33. The highest BCUT2D eigenvalue weighted by molar-refractivity contribution is 5.91. The number of carbonyl (C=O) groups excluding carboxylic acids is 2. The Labute approximate surface area is 148 Å². The molecule has 1 heterocycles. The Bertz CT molecular complexity index is 641. The van der Waals surface area contributed by atoms with E-state index in [1.54, 1.807) is 19.2 Å². The summed E-state index contributed by atoms with van der Waals surface area (Å²) in [7, 11) is 3.03. The second-order valence-corrected chi connectivity index (χ2v) is 6.16. The lowest BCUT2D eigenvalue weighted by Crippen LogP contribution is -2.28. The Kier molecular flexibility index (Phi) is 7.01. The molecule has 0 fully saturated rings. The van der Waals surface area contributed by atoms with Gasteiger partial charge in [-0.25, -0.2) is 9.86 Å². The summed E-state index contributed by atoms with van der Waals surface area (Å²) in [4.78, 5) is 29.4. The monoisotopic (exact) mass is 347 g/mol. The number of ether oxygens (including phenoxy) is 1. The van der Waals surface area contributed by atoms with E-state index in [0.717, 1.165) is 12.8 Å². The maximum absolute atomic E-state index is 12.3. The highest BCUT2D eigenvalue weighted by atomic mass is 16.7. The zero-order valence-electron chi connectivity index (χ0n) is 14.7. The smallest absolute Gasteiger partial charge is 0.338 e. The molecule has 2 rings (SSSR count). The molecule has 0 saturated carbocycles. The van der Waals surface area contributed by atoms with Gasteiger partial charge in [0.15, 0.2) is 0 Å². The van der Waals surface area contributed by atoms with Gasteiger partial charge in [-0.3, -0.25) is 9.63 Å². The normalized spacial score (nSPS) is 19.8. The minimum absolute atomic E-state index is 0.0301. The lowest BCUT2D eigenvalue weighted by molar-refractivity contribution is -0.169. The first-order chi connectivity index (χ1) is 12.0. The molecular weight excluding hydrogens is 322 g/mol. The van der Waals surface area contributed by atoms with Crippen molar-refractivity contribution in [3.05, 3.63) is 41.5 Å². The van der Waals surface area contributed by atoms with Crippen LogP contribution >= 0.6 is 0 Å². The largest absolute Gasteiger partial charge is 0.508 e. The van der Waals surface area contributed by atoms with Gasteiger partial charge in [0.2, 0.25) is 5.91 Å². The summed E-state index contributed by atoms with van der Waals surface area (Å²) < 4.78 is 5.29. The fourth-order valence-corrected chi connectivity index (χ4v) is 2.88. The van der Waals surface area contributed by atoms with Gasteiger partial charge in [0.1, 0.15) is 5.75 Å². The molecule has 0 aromatic heterocycles. The number of cyclic esters (lactones) is 1. The van der Waals surface area contributed by atoms with Crippen LogP contribution in [-0.4, -0.2) is 42.8 Å². The molecule has 1 aliphatic rings. The van der Waals surface area contributed by atoms with Crippen molar-refractivity contribution in [3.63, 3.8) is 0 Å². The average Bonchev–Trinajstić information content (AvgIpc) is 2.58. The van der Waals surface area contributed by atoms with E-state index in [4.69, 9.17) is 9.57 Å². The number of phenolic OH excluding ortho intramolecular Hbond substituents is 1. The highest BCUT2D eigenvalue weighted by Crippen LogP contribution is 2.25. The highest BCUT2D eigenvalue weighted by Gasteiger charge is 2.21. The van der Waals surface area contributed by atoms with Crippen LogP contribution in [0.5, 0.6) is 5.75 Å². The van der Waals surface area contributed by atoms with Crippen molar-refractivity contribution in [1.82, 2.24) is 5.06 Å². The molecule has 1 aromatic rings. The number of aromatic hydroxyl groups is 1. The molecule has 1 unspecified atom stereocenters. The van der Waals surface area contributed by atoms with Gasteiger partial charge in [-0.05, 0) is 55.4 Å². The van der Waals surface area contributed by atoms with Crippen molar-refractivity contribution in [2.45, 2.75) is 32.1 Å². The SMILES string of the molecule is CON(C)C(=O)CC1CC/C=C/CCOC(=O)c2ccc(O)cc2C1. The van der Waals surface area contributed by atoms with Crippen LogP contribution < -0.4 is 0 Å². The molecule has 0 saturated heterocycles. The summed E-state index contributed by atoms with van der Waals surface area (Å²) in [6.07, 6.45) is 7.18. The maximum Gasteiger partial charge on any atom is 0.338 e. The molecule has 25 heavy (non-hydrogen) atoms. The standard InChI is InChI=1S/C19H25NO5/c1-20(24-2)18(22)12-14-7-5-3-4-6-10-25-19(23)17-9-8-16(21)13-15(17)11-14/h3-4,8-9,13-14,21H,5-7,10-12H2,1-2H3/b4-3+. The van der Waals surface area contributed by atoms with E-state index in [1.807, 2.05) is 6.08 Å². The van der Waals surface area contributed by atoms with Gasteiger partial charge in [-0.15, -0.1) is 0 Å². The first-order valence-corrected chi connectivity index (χ1v) is 8.46. The molecule has 1 atom stereocenters. The first kappa shape index (κ1) is 19.0. The minimum atomic E-state index is -0.400. The molecule has 0 aliphatic carbocycles. The predicted molar refractivity (Wildman–Crippen MR) is 93.0 cm³/mol. The predicted octanol–water partition coefficient (Wildman–Crippen LogP) is 2.86. The zero-order valence-corrected chi connectivity index (χ0v) is 14.7. The number of nitrogens with zero attached hydrogens (tertiary/aromatic N) is 1. The lowest BCUT2D eigenvalue weighted by atomic mass is 9.89. The third kappa shape index (κ3) is 5.60. The van der Waals surface area contributed by atoms with Gasteiger partial charge in [0.25, 0.3) is 0 Å². The van der Waals surface area contributed by atoms with Crippen LogP contribution in [0.25, 0.3) is 0 Å². The summed E-state index contributed by atoms with van der Waals surface area (Å²) in [6.45, 7) is 0.330. The number of fused-ring (bicyclic) bond motifs is 1. The minimum Gasteiger partial charge on any atom is -0.508 e. The van der Waals surface area contributed by atoms with Gasteiger partial charge >= 0.3 is 5.97 Å². The van der Waals surface area contributed by atoms with Crippen LogP contribution in [-0.2, 0) is 20.8 Å². The first-order valence-electron chi connectivity index (χ1n) is 8.46. The summed E-state index contributed by atoms with van der Waals surface area (Å²) in [5, 5.41) is 11.0. The molecule has 1 amide bonds. The van der Waals surface area contributed by atoms with E-state index >= 15 is 0 Å². The van der Waals surface area contributed by atoms with Gasteiger partial charge in [-0.2, -0.15) is 0 Å². The number of phenols is 1. The third-order valence-corrected chi connectivity index (χ3v) is 4.33. The Morgan fingerprint density at radius 2 is 2.12 bits per heavy atom. The number of hydrogen-bond donors (Lipinski definition) is 1. The summed E-state index contributed by atoms with van der Waals surface area (Å²) in [5.41, 5.74) is 1.15. The number of carbonyl (C=O) groups is 2. The summed E-state index contributed by atoms with van der Waals surface area (Å²) >= 11 is 0. The van der Waals surface area contributed by atoms with Crippen LogP contribution in [0.3, 0.4) is 0 Å². The van der Waals surface area contributed by atoms with Crippen molar-refractivity contribution in [2.24, 2.45) is 5.92 Å². The van der Waals surface area contributed by atoms with Gasteiger partial charge in [-0.1, -0.05) is 12.2 Å². The molecule has 0 spiro atoms. The number of allylic oxidation sites excluding steroid dienone is 1. The number of esters is 1. The Morgan fingerprint density at radius 1 is 1.36 bits per heavy atom. The Balaban J connectivity index is 2.26. The maximum atomic E-state index is 12.3. The number of benzene rings is 1. The van der Waals surface area contributed by atoms with E-state index in [-0.39, 0.29) is 17.6 Å². The second kappa shape index (κ2) is 9.22. The average molecular weight is 347 g/mol. The van der Waals surface area contributed by atoms with E-state index in [1.165, 1.54) is 18.2 Å². The Morgan fingerprint density at radius 3 is 2.88 bits per heavy atom. The van der Waals surface area contributed by atoms with Crippen molar-refractivity contribution in [1.29, 1.82) is 0 Å².